The lowest BCUT2D eigenvalue weighted by molar-refractivity contribution is -0.138. The molecule has 0 atom stereocenters. The Morgan fingerprint density at radius 2 is 1.93 bits per heavy atom. The summed E-state index contributed by atoms with van der Waals surface area (Å²) in [6.45, 7) is 1.47. The second-order valence-corrected chi connectivity index (χ2v) is 5.88. The number of nitrogens with zero attached hydrogens (tertiary/aromatic N) is 6. The van der Waals surface area contributed by atoms with E-state index in [4.69, 9.17) is 10.3 Å². The van der Waals surface area contributed by atoms with Crippen molar-refractivity contribution in [3.63, 3.8) is 0 Å². The molecule has 28 heavy (non-hydrogen) atoms. The Kier molecular flexibility index (Phi) is 5.51. The van der Waals surface area contributed by atoms with Gasteiger partial charge in [0.05, 0.1) is 17.8 Å². The Bertz CT molecular complexity index is 1010. The van der Waals surface area contributed by atoms with Crippen molar-refractivity contribution in [3.05, 3.63) is 81.7 Å². The second-order valence-electron chi connectivity index (χ2n) is 5.88. The fourth-order valence-corrected chi connectivity index (χ4v) is 2.60. The first-order chi connectivity index (χ1) is 13.4. The van der Waals surface area contributed by atoms with Gasteiger partial charge in [0.2, 0.25) is 0 Å². The number of hydrogen-bond acceptors (Lipinski definition) is 4. The van der Waals surface area contributed by atoms with Crippen LogP contribution in [0.1, 0.15) is 22.5 Å². The summed E-state index contributed by atoms with van der Waals surface area (Å²) in [5, 5.41) is 7.56. The van der Waals surface area contributed by atoms with Crippen LogP contribution >= 0.6 is 0 Å². The quantitative estimate of drug-likeness (QED) is 0.339. The van der Waals surface area contributed by atoms with Gasteiger partial charge in [-0.15, -0.1) is 0 Å². The van der Waals surface area contributed by atoms with E-state index in [9.17, 15) is 13.2 Å². The van der Waals surface area contributed by atoms with Crippen LogP contribution in [0.25, 0.3) is 16.1 Å². The van der Waals surface area contributed by atoms with Crippen molar-refractivity contribution >= 4 is 0 Å². The lowest BCUT2D eigenvalue weighted by Crippen LogP contribution is -2.12. The van der Waals surface area contributed by atoms with Gasteiger partial charge in [0.1, 0.15) is 18.7 Å². The predicted molar refractivity (Wildman–Crippen MR) is 94.7 cm³/mol. The maximum atomic E-state index is 13.2. The van der Waals surface area contributed by atoms with E-state index in [0.29, 0.717) is 22.8 Å². The highest BCUT2D eigenvalue weighted by Gasteiger charge is 2.33. The third kappa shape index (κ3) is 4.41. The number of aryl methyl sites for hydroxylation is 1. The molecule has 144 valence electrons. The van der Waals surface area contributed by atoms with Crippen LogP contribution in [0.15, 0.2) is 53.9 Å². The summed E-state index contributed by atoms with van der Waals surface area (Å²) in [6, 6.07) is 10.7. The van der Waals surface area contributed by atoms with Gasteiger partial charge in [0.25, 0.3) is 0 Å². The fourth-order valence-electron chi connectivity index (χ4n) is 2.60. The smallest absolute Gasteiger partial charge is 0.416 e. The average Bonchev–Trinajstić information content (AvgIpc) is 3.14. The molecule has 0 amide bonds. The highest BCUT2D eigenvalue weighted by Crippen LogP contribution is 2.33. The van der Waals surface area contributed by atoms with E-state index in [1.54, 1.807) is 37.3 Å². The van der Waals surface area contributed by atoms with Crippen molar-refractivity contribution in [1.82, 2.24) is 14.8 Å². The third-order valence-corrected chi connectivity index (χ3v) is 4.01. The molecule has 0 aliphatic rings. The summed E-state index contributed by atoms with van der Waals surface area (Å²) in [4.78, 5) is 6.67. The lowest BCUT2D eigenvalue weighted by Gasteiger charge is -2.16. The Morgan fingerprint density at radius 3 is 2.61 bits per heavy atom. The van der Waals surface area contributed by atoms with E-state index in [-0.39, 0.29) is 18.7 Å². The van der Waals surface area contributed by atoms with Crippen LogP contribution in [0.3, 0.4) is 0 Å². The van der Waals surface area contributed by atoms with Gasteiger partial charge in [0.15, 0.2) is 5.82 Å². The Balaban J connectivity index is 1.72. The molecule has 2 aromatic carbocycles. The monoisotopic (exact) mass is 388 g/mol. The van der Waals surface area contributed by atoms with Gasteiger partial charge in [-0.3, -0.25) is 0 Å². The van der Waals surface area contributed by atoms with E-state index >= 15 is 0 Å². The molecule has 0 bridgehead atoms. The molecule has 0 spiro atoms. The van der Waals surface area contributed by atoms with Crippen molar-refractivity contribution < 1.29 is 17.9 Å². The van der Waals surface area contributed by atoms with Gasteiger partial charge in [-0.05, 0) is 48.4 Å². The van der Waals surface area contributed by atoms with E-state index in [1.165, 1.54) is 17.1 Å². The molecule has 7 nitrogen and oxygen atoms in total. The van der Waals surface area contributed by atoms with E-state index in [2.05, 4.69) is 20.1 Å². The molecule has 0 aliphatic heterocycles. The standard InChI is InChI=1S/C18H15F3N6O/c1-12-3-2-4-16(18(19,20)21)15(12)10-28-14-7-5-13(6-8-14)27-11-23-17(25-27)9-24-26-22/h2-8,11H,9-10H2,1H3. The van der Waals surface area contributed by atoms with Crippen LogP contribution < -0.4 is 4.74 Å². The Morgan fingerprint density at radius 1 is 1.18 bits per heavy atom. The molecule has 10 heteroatoms. The number of ether oxygens (including phenoxy) is 1. The van der Waals surface area contributed by atoms with Crippen molar-refractivity contribution in [2.75, 3.05) is 0 Å². The van der Waals surface area contributed by atoms with Crippen LogP contribution in [-0.2, 0) is 19.3 Å². The highest BCUT2D eigenvalue weighted by atomic mass is 19.4. The van der Waals surface area contributed by atoms with Crippen molar-refractivity contribution in [2.24, 2.45) is 5.11 Å². The van der Waals surface area contributed by atoms with Gasteiger partial charge in [-0.1, -0.05) is 17.2 Å². The summed E-state index contributed by atoms with van der Waals surface area (Å²) >= 11 is 0. The normalized spacial score (nSPS) is 11.1. The first-order valence-electron chi connectivity index (χ1n) is 8.19. The third-order valence-electron chi connectivity index (χ3n) is 4.01. The number of azide groups is 1. The highest BCUT2D eigenvalue weighted by molar-refractivity contribution is 5.38. The number of rotatable bonds is 6. The number of aromatic nitrogens is 3. The number of benzene rings is 2. The maximum absolute atomic E-state index is 13.2. The van der Waals surface area contributed by atoms with Crippen molar-refractivity contribution in [1.29, 1.82) is 0 Å². The summed E-state index contributed by atoms with van der Waals surface area (Å²) in [6.07, 6.45) is -2.96. The molecule has 0 radical (unpaired) electrons. The zero-order valence-electron chi connectivity index (χ0n) is 14.8. The summed E-state index contributed by atoms with van der Waals surface area (Å²) < 4.78 is 46.6. The number of alkyl halides is 3. The van der Waals surface area contributed by atoms with Crippen LogP contribution in [0.5, 0.6) is 5.75 Å². The van der Waals surface area contributed by atoms with Crippen molar-refractivity contribution in [2.45, 2.75) is 26.3 Å². The molecular formula is C18H15F3N6O. The molecule has 1 heterocycles. The molecule has 3 rings (SSSR count). The van der Waals surface area contributed by atoms with Gasteiger partial charge in [-0.25, -0.2) is 9.67 Å². The first kappa shape index (κ1) is 19.2. The van der Waals surface area contributed by atoms with E-state index in [0.717, 1.165) is 6.07 Å². The van der Waals surface area contributed by atoms with Crippen LogP contribution in [0.4, 0.5) is 13.2 Å². The zero-order chi connectivity index (χ0) is 20.1. The number of hydrogen-bond donors (Lipinski definition) is 0. The summed E-state index contributed by atoms with van der Waals surface area (Å²) in [5.41, 5.74) is 8.92. The molecule has 0 fully saturated rings. The minimum atomic E-state index is -4.44. The first-order valence-corrected chi connectivity index (χ1v) is 8.19. The summed E-state index contributed by atoms with van der Waals surface area (Å²) in [5.74, 6) is 0.798. The maximum Gasteiger partial charge on any atom is 0.416 e. The molecule has 0 N–H and O–H groups in total. The second kappa shape index (κ2) is 8.01. The molecule has 0 saturated carbocycles. The molecular weight excluding hydrogens is 373 g/mol. The van der Waals surface area contributed by atoms with Crippen LogP contribution in [0.2, 0.25) is 0 Å². The largest absolute Gasteiger partial charge is 0.489 e. The summed E-state index contributed by atoms with van der Waals surface area (Å²) in [7, 11) is 0. The SMILES string of the molecule is Cc1cccc(C(F)(F)F)c1COc1ccc(-n2cnc(CN=[N+]=[N-])n2)cc1. The minimum absolute atomic E-state index is 0.0443. The zero-order valence-corrected chi connectivity index (χ0v) is 14.8. The number of halogens is 3. The van der Waals surface area contributed by atoms with Crippen LogP contribution in [-0.4, -0.2) is 14.8 Å². The fraction of sp³-hybridized carbons (Fsp3) is 0.222. The van der Waals surface area contributed by atoms with Crippen molar-refractivity contribution in [3.8, 4) is 11.4 Å². The predicted octanol–water partition coefficient (Wildman–Crippen LogP) is 4.98. The average molecular weight is 388 g/mol. The van der Waals surface area contributed by atoms with Crippen LogP contribution in [0, 0.1) is 6.92 Å². The van der Waals surface area contributed by atoms with Gasteiger partial charge in [-0.2, -0.15) is 18.3 Å². The van der Waals surface area contributed by atoms with E-state index in [1.807, 2.05) is 0 Å². The van der Waals surface area contributed by atoms with Gasteiger partial charge >= 0.3 is 6.18 Å². The van der Waals surface area contributed by atoms with Gasteiger partial charge < -0.3 is 4.74 Å². The van der Waals surface area contributed by atoms with E-state index < -0.39 is 11.7 Å². The van der Waals surface area contributed by atoms with Gasteiger partial charge in [0, 0.05) is 10.5 Å². The lowest BCUT2D eigenvalue weighted by atomic mass is 10.0. The molecule has 0 unspecified atom stereocenters. The Hall–Kier alpha value is -3.52. The molecule has 0 aliphatic carbocycles. The molecule has 3 aromatic rings. The molecule has 0 saturated heterocycles. The topological polar surface area (TPSA) is 88.7 Å². The Labute approximate surface area is 158 Å². The minimum Gasteiger partial charge on any atom is -0.489 e. The molecule has 1 aromatic heterocycles.